The molecule has 0 saturated carbocycles. The molecule has 17 heavy (non-hydrogen) atoms. The summed E-state index contributed by atoms with van der Waals surface area (Å²) in [7, 11) is 3.72. The number of nitrogens with one attached hydrogen (secondary N) is 1. The second-order valence-corrected chi connectivity index (χ2v) is 4.61. The van der Waals surface area contributed by atoms with E-state index in [0.717, 1.165) is 18.7 Å². The second-order valence-electron chi connectivity index (χ2n) is 4.61. The van der Waals surface area contributed by atoms with Crippen molar-refractivity contribution in [3.63, 3.8) is 0 Å². The average Bonchev–Trinajstić information content (AvgIpc) is 2.35. The molecule has 1 amide bonds. The largest absolute Gasteiger partial charge is 0.340 e. The van der Waals surface area contributed by atoms with Crippen molar-refractivity contribution in [3.05, 3.63) is 35.4 Å². The van der Waals surface area contributed by atoms with Gasteiger partial charge in [0, 0.05) is 25.7 Å². The molecule has 94 valence electrons. The Labute approximate surface area is 104 Å². The number of benzene rings is 1. The van der Waals surface area contributed by atoms with E-state index in [1.54, 1.807) is 4.90 Å². The molecule has 0 bridgehead atoms. The van der Waals surface area contributed by atoms with Gasteiger partial charge in [0.2, 0.25) is 0 Å². The van der Waals surface area contributed by atoms with E-state index >= 15 is 0 Å². The van der Waals surface area contributed by atoms with Crippen molar-refractivity contribution in [3.8, 4) is 0 Å². The summed E-state index contributed by atoms with van der Waals surface area (Å²) in [6.45, 7) is 5.80. The summed E-state index contributed by atoms with van der Waals surface area (Å²) in [6.07, 6.45) is 0. The highest BCUT2D eigenvalue weighted by Crippen LogP contribution is 2.16. The second kappa shape index (κ2) is 6.40. The zero-order valence-corrected chi connectivity index (χ0v) is 11.2. The van der Waals surface area contributed by atoms with Gasteiger partial charge in [-0.05, 0) is 30.7 Å². The standard InChI is InChI=1S/C14H22N2O/c1-11(2)12-6-5-7-13(10-12)14(17)16(4)9-8-15-3/h5-7,10-11,15H,8-9H2,1-4H3. The van der Waals surface area contributed by atoms with Crippen LogP contribution in [0, 0.1) is 0 Å². The van der Waals surface area contributed by atoms with E-state index in [-0.39, 0.29) is 5.91 Å². The Morgan fingerprint density at radius 3 is 2.71 bits per heavy atom. The van der Waals surface area contributed by atoms with Crippen molar-refractivity contribution in [2.45, 2.75) is 19.8 Å². The lowest BCUT2D eigenvalue weighted by Crippen LogP contribution is -2.32. The highest BCUT2D eigenvalue weighted by atomic mass is 16.2. The van der Waals surface area contributed by atoms with Crippen LogP contribution in [0.15, 0.2) is 24.3 Å². The van der Waals surface area contributed by atoms with Crippen LogP contribution in [0.25, 0.3) is 0 Å². The monoisotopic (exact) mass is 234 g/mol. The van der Waals surface area contributed by atoms with E-state index in [1.807, 2.05) is 32.3 Å². The van der Waals surface area contributed by atoms with Crippen molar-refractivity contribution in [2.24, 2.45) is 0 Å². The first-order valence-corrected chi connectivity index (χ1v) is 6.06. The molecule has 0 fully saturated rings. The highest BCUT2D eigenvalue weighted by Gasteiger charge is 2.11. The topological polar surface area (TPSA) is 32.3 Å². The highest BCUT2D eigenvalue weighted by molar-refractivity contribution is 5.94. The van der Waals surface area contributed by atoms with Crippen molar-refractivity contribution in [2.75, 3.05) is 27.2 Å². The minimum absolute atomic E-state index is 0.0859. The third-order valence-corrected chi connectivity index (χ3v) is 2.84. The van der Waals surface area contributed by atoms with Crippen LogP contribution in [0.3, 0.4) is 0 Å². The van der Waals surface area contributed by atoms with Crippen LogP contribution in [0.4, 0.5) is 0 Å². The SMILES string of the molecule is CNCCN(C)C(=O)c1cccc(C(C)C)c1. The lowest BCUT2D eigenvalue weighted by Gasteiger charge is -2.17. The summed E-state index contributed by atoms with van der Waals surface area (Å²) in [6, 6.07) is 7.89. The van der Waals surface area contributed by atoms with E-state index < -0.39 is 0 Å². The Hall–Kier alpha value is -1.35. The van der Waals surface area contributed by atoms with Crippen molar-refractivity contribution < 1.29 is 4.79 Å². The van der Waals surface area contributed by atoms with Crippen LogP contribution in [-0.4, -0.2) is 38.0 Å². The summed E-state index contributed by atoms with van der Waals surface area (Å²) in [5.74, 6) is 0.535. The molecule has 0 aromatic heterocycles. The maximum atomic E-state index is 12.1. The number of carbonyl (C=O) groups excluding carboxylic acids is 1. The summed E-state index contributed by atoms with van der Waals surface area (Å²) < 4.78 is 0. The van der Waals surface area contributed by atoms with Crippen LogP contribution in [-0.2, 0) is 0 Å². The molecular formula is C14H22N2O. The molecule has 1 aromatic carbocycles. The fourth-order valence-electron chi connectivity index (χ4n) is 1.63. The molecule has 3 nitrogen and oxygen atoms in total. The molecule has 0 saturated heterocycles. The maximum Gasteiger partial charge on any atom is 0.253 e. The van der Waals surface area contributed by atoms with E-state index in [1.165, 1.54) is 5.56 Å². The Morgan fingerprint density at radius 1 is 1.41 bits per heavy atom. The summed E-state index contributed by atoms with van der Waals surface area (Å²) in [4.78, 5) is 13.9. The predicted octanol–water partition coefficient (Wildman–Crippen LogP) is 2.10. The molecule has 0 aliphatic rings. The molecule has 0 radical (unpaired) electrons. The van der Waals surface area contributed by atoms with Gasteiger partial charge in [-0.3, -0.25) is 4.79 Å². The molecule has 1 aromatic rings. The zero-order chi connectivity index (χ0) is 12.8. The fourth-order valence-corrected chi connectivity index (χ4v) is 1.63. The van der Waals surface area contributed by atoms with Gasteiger partial charge in [0.15, 0.2) is 0 Å². The summed E-state index contributed by atoms with van der Waals surface area (Å²) in [5, 5.41) is 3.04. The summed E-state index contributed by atoms with van der Waals surface area (Å²) in [5.41, 5.74) is 1.98. The first kappa shape index (κ1) is 13.7. The Balaban J connectivity index is 2.78. The van der Waals surface area contributed by atoms with Gasteiger partial charge in [-0.15, -0.1) is 0 Å². The molecule has 3 heteroatoms. The minimum atomic E-state index is 0.0859. The zero-order valence-electron chi connectivity index (χ0n) is 11.2. The van der Waals surface area contributed by atoms with Gasteiger partial charge in [0.05, 0.1) is 0 Å². The smallest absolute Gasteiger partial charge is 0.253 e. The molecule has 0 aliphatic heterocycles. The summed E-state index contributed by atoms with van der Waals surface area (Å²) >= 11 is 0. The molecule has 0 atom stereocenters. The molecule has 1 N–H and O–H groups in total. The normalized spacial score (nSPS) is 10.6. The molecule has 1 rings (SSSR count). The van der Waals surface area contributed by atoms with Gasteiger partial charge < -0.3 is 10.2 Å². The van der Waals surface area contributed by atoms with Crippen LogP contribution < -0.4 is 5.32 Å². The van der Waals surface area contributed by atoms with E-state index in [9.17, 15) is 4.79 Å². The van der Waals surface area contributed by atoms with Crippen LogP contribution >= 0.6 is 0 Å². The number of amides is 1. The number of hydrogen-bond donors (Lipinski definition) is 1. The number of nitrogens with zero attached hydrogens (tertiary/aromatic N) is 1. The molecule has 0 aliphatic carbocycles. The van der Waals surface area contributed by atoms with Crippen molar-refractivity contribution >= 4 is 5.91 Å². The maximum absolute atomic E-state index is 12.1. The van der Waals surface area contributed by atoms with Crippen LogP contribution in [0.1, 0.15) is 35.7 Å². The first-order chi connectivity index (χ1) is 8.06. The first-order valence-electron chi connectivity index (χ1n) is 6.06. The lowest BCUT2D eigenvalue weighted by atomic mass is 10.0. The minimum Gasteiger partial charge on any atom is -0.340 e. The third-order valence-electron chi connectivity index (χ3n) is 2.84. The Morgan fingerprint density at radius 2 is 2.12 bits per heavy atom. The van der Waals surface area contributed by atoms with Crippen LogP contribution in [0.2, 0.25) is 0 Å². The fraction of sp³-hybridized carbons (Fsp3) is 0.500. The van der Waals surface area contributed by atoms with Gasteiger partial charge in [0.25, 0.3) is 5.91 Å². The van der Waals surface area contributed by atoms with Gasteiger partial charge in [0.1, 0.15) is 0 Å². The number of carbonyl (C=O) groups is 1. The van der Waals surface area contributed by atoms with Crippen LogP contribution in [0.5, 0.6) is 0 Å². The Kier molecular flexibility index (Phi) is 5.16. The quantitative estimate of drug-likeness (QED) is 0.846. The molecular weight excluding hydrogens is 212 g/mol. The predicted molar refractivity (Wildman–Crippen MR) is 71.4 cm³/mol. The Bertz CT molecular complexity index is 374. The number of likely N-dealkylation sites (N-methyl/N-ethyl adjacent to an activating group) is 2. The number of rotatable bonds is 5. The van der Waals surface area contributed by atoms with Crippen molar-refractivity contribution in [1.82, 2.24) is 10.2 Å². The molecule has 0 spiro atoms. The van der Waals surface area contributed by atoms with E-state index in [4.69, 9.17) is 0 Å². The van der Waals surface area contributed by atoms with Gasteiger partial charge in [-0.1, -0.05) is 26.0 Å². The number of hydrogen-bond acceptors (Lipinski definition) is 2. The van der Waals surface area contributed by atoms with Gasteiger partial charge >= 0.3 is 0 Å². The van der Waals surface area contributed by atoms with Gasteiger partial charge in [-0.2, -0.15) is 0 Å². The molecule has 0 unspecified atom stereocenters. The molecule has 0 heterocycles. The van der Waals surface area contributed by atoms with Gasteiger partial charge in [-0.25, -0.2) is 0 Å². The average molecular weight is 234 g/mol. The van der Waals surface area contributed by atoms with Crippen molar-refractivity contribution in [1.29, 1.82) is 0 Å². The third kappa shape index (κ3) is 3.86. The van der Waals surface area contributed by atoms with E-state index in [2.05, 4.69) is 25.2 Å². The lowest BCUT2D eigenvalue weighted by molar-refractivity contribution is 0.0797. The van der Waals surface area contributed by atoms with E-state index in [0.29, 0.717) is 5.92 Å².